The van der Waals surface area contributed by atoms with Crippen molar-refractivity contribution in [3.8, 4) is 22.6 Å². The molecule has 0 saturated heterocycles. The number of para-hydroxylation sites is 1. The SMILES string of the molecule is Cc1ccc(OC(=O)CCC(=O)Oc2ccccc2-c2ccccc2)cc1C. The van der Waals surface area contributed by atoms with Crippen LogP contribution in [0.1, 0.15) is 24.0 Å². The van der Waals surface area contributed by atoms with Crippen molar-refractivity contribution in [2.45, 2.75) is 26.7 Å². The van der Waals surface area contributed by atoms with Gasteiger partial charge in [0.25, 0.3) is 0 Å². The normalized spacial score (nSPS) is 10.4. The van der Waals surface area contributed by atoms with Crippen LogP contribution < -0.4 is 9.47 Å². The van der Waals surface area contributed by atoms with E-state index in [0.717, 1.165) is 22.3 Å². The molecule has 0 saturated carbocycles. The molecule has 142 valence electrons. The maximum absolute atomic E-state index is 12.2. The number of hydrogen-bond donors (Lipinski definition) is 0. The molecule has 3 aromatic rings. The highest BCUT2D eigenvalue weighted by atomic mass is 16.5. The number of benzene rings is 3. The Morgan fingerprint density at radius 2 is 1.36 bits per heavy atom. The van der Waals surface area contributed by atoms with Crippen LogP contribution in [0.25, 0.3) is 11.1 Å². The van der Waals surface area contributed by atoms with Gasteiger partial charge in [0.05, 0.1) is 12.8 Å². The molecule has 0 bridgehead atoms. The summed E-state index contributed by atoms with van der Waals surface area (Å²) in [4.78, 5) is 24.2. The maximum atomic E-state index is 12.2. The van der Waals surface area contributed by atoms with Gasteiger partial charge in [-0.2, -0.15) is 0 Å². The van der Waals surface area contributed by atoms with Crippen molar-refractivity contribution < 1.29 is 19.1 Å². The largest absolute Gasteiger partial charge is 0.427 e. The lowest BCUT2D eigenvalue weighted by molar-refractivity contribution is -0.140. The number of ether oxygens (including phenoxy) is 2. The molecule has 0 aliphatic heterocycles. The van der Waals surface area contributed by atoms with E-state index in [1.54, 1.807) is 12.1 Å². The van der Waals surface area contributed by atoms with Crippen molar-refractivity contribution in [3.63, 3.8) is 0 Å². The van der Waals surface area contributed by atoms with Crippen LogP contribution in [0.15, 0.2) is 72.8 Å². The van der Waals surface area contributed by atoms with Crippen molar-refractivity contribution in [2.75, 3.05) is 0 Å². The quantitative estimate of drug-likeness (QED) is 0.436. The van der Waals surface area contributed by atoms with Gasteiger partial charge in [-0.3, -0.25) is 9.59 Å². The first-order valence-corrected chi connectivity index (χ1v) is 9.16. The predicted octanol–water partition coefficient (Wildman–Crippen LogP) is 5.26. The molecule has 0 aromatic heterocycles. The lowest BCUT2D eigenvalue weighted by Gasteiger charge is -2.10. The fourth-order valence-electron chi connectivity index (χ4n) is 2.75. The van der Waals surface area contributed by atoms with E-state index in [4.69, 9.17) is 9.47 Å². The van der Waals surface area contributed by atoms with Gasteiger partial charge in [-0.05, 0) is 48.7 Å². The summed E-state index contributed by atoms with van der Waals surface area (Å²) in [6.07, 6.45) is -0.0912. The molecule has 3 rings (SSSR count). The minimum Gasteiger partial charge on any atom is -0.427 e. The third kappa shape index (κ3) is 5.07. The molecule has 0 aliphatic rings. The number of rotatable bonds is 6. The Kier molecular flexibility index (Phi) is 6.22. The van der Waals surface area contributed by atoms with Crippen molar-refractivity contribution >= 4 is 11.9 Å². The van der Waals surface area contributed by atoms with Crippen LogP contribution in [0.4, 0.5) is 0 Å². The van der Waals surface area contributed by atoms with E-state index >= 15 is 0 Å². The lowest BCUT2D eigenvalue weighted by atomic mass is 10.1. The predicted molar refractivity (Wildman–Crippen MR) is 108 cm³/mol. The van der Waals surface area contributed by atoms with Gasteiger partial charge in [0.1, 0.15) is 11.5 Å². The van der Waals surface area contributed by atoms with Gasteiger partial charge < -0.3 is 9.47 Å². The van der Waals surface area contributed by atoms with Crippen molar-refractivity contribution in [1.82, 2.24) is 0 Å². The van der Waals surface area contributed by atoms with Gasteiger partial charge >= 0.3 is 11.9 Å². The van der Waals surface area contributed by atoms with Crippen molar-refractivity contribution in [3.05, 3.63) is 83.9 Å². The molecular formula is C24H22O4. The molecule has 4 nitrogen and oxygen atoms in total. The summed E-state index contributed by atoms with van der Waals surface area (Å²) < 4.78 is 10.8. The van der Waals surface area contributed by atoms with Gasteiger partial charge in [-0.15, -0.1) is 0 Å². The monoisotopic (exact) mass is 374 g/mol. The molecule has 4 heteroatoms. The van der Waals surface area contributed by atoms with Crippen LogP contribution in [0.2, 0.25) is 0 Å². The fraction of sp³-hybridized carbons (Fsp3) is 0.167. The summed E-state index contributed by atoms with van der Waals surface area (Å²) in [6, 6.07) is 22.5. The van der Waals surface area contributed by atoms with Gasteiger partial charge in [0.2, 0.25) is 0 Å². The molecule has 0 amide bonds. The molecule has 0 fully saturated rings. The third-order valence-electron chi connectivity index (χ3n) is 4.44. The third-order valence-corrected chi connectivity index (χ3v) is 4.44. The van der Waals surface area contributed by atoms with Crippen LogP contribution in [0.3, 0.4) is 0 Å². The summed E-state index contributed by atoms with van der Waals surface area (Å²) >= 11 is 0. The second-order valence-electron chi connectivity index (χ2n) is 6.56. The molecule has 0 spiro atoms. The number of carbonyl (C=O) groups is 2. The first-order chi connectivity index (χ1) is 13.5. The van der Waals surface area contributed by atoms with Crippen LogP contribution in [0.5, 0.6) is 11.5 Å². The summed E-state index contributed by atoms with van der Waals surface area (Å²) in [5, 5.41) is 0. The number of aryl methyl sites for hydroxylation is 2. The van der Waals surface area contributed by atoms with Gasteiger partial charge in [-0.25, -0.2) is 0 Å². The minimum atomic E-state index is -0.472. The molecule has 28 heavy (non-hydrogen) atoms. The van der Waals surface area contributed by atoms with Crippen LogP contribution in [0, 0.1) is 13.8 Å². The zero-order valence-corrected chi connectivity index (χ0v) is 16.0. The van der Waals surface area contributed by atoms with E-state index in [1.807, 2.05) is 74.5 Å². The van der Waals surface area contributed by atoms with Crippen LogP contribution >= 0.6 is 0 Å². The van der Waals surface area contributed by atoms with Crippen LogP contribution in [-0.2, 0) is 9.59 Å². The molecule has 0 atom stereocenters. The van der Waals surface area contributed by atoms with Gasteiger partial charge in [0.15, 0.2) is 0 Å². The van der Waals surface area contributed by atoms with E-state index in [9.17, 15) is 9.59 Å². The first-order valence-electron chi connectivity index (χ1n) is 9.16. The zero-order chi connectivity index (χ0) is 19.9. The Morgan fingerprint density at radius 1 is 0.714 bits per heavy atom. The lowest BCUT2D eigenvalue weighted by Crippen LogP contribution is -2.14. The average Bonchev–Trinajstić information content (AvgIpc) is 2.70. The number of carbonyl (C=O) groups excluding carboxylic acids is 2. The molecular weight excluding hydrogens is 352 g/mol. The van der Waals surface area contributed by atoms with E-state index in [-0.39, 0.29) is 12.8 Å². The molecule has 0 unspecified atom stereocenters. The smallest absolute Gasteiger partial charge is 0.311 e. The summed E-state index contributed by atoms with van der Waals surface area (Å²) in [7, 11) is 0. The molecule has 0 heterocycles. The minimum absolute atomic E-state index is 0.0424. The Bertz CT molecular complexity index is 977. The average molecular weight is 374 g/mol. The Labute approximate surface area is 164 Å². The van der Waals surface area contributed by atoms with Crippen molar-refractivity contribution in [2.24, 2.45) is 0 Å². The summed E-state index contributed by atoms with van der Waals surface area (Å²) in [5.74, 6) is 0.0223. The van der Waals surface area contributed by atoms with Crippen LogP contribution in [-0.4, -0.2) is 11.9 Å². The zero-order valence-electron chi connectivity index (χ0n) is 16.0. The highest BCUT2D eigenvalue weighted by molar-refractivity contribution is 5.82. The fourth-order valence-corrected chi connectivity index (χ4v) is 2.75. The first kappa shape index (κ1) is 19.4. The van der Waals surface area contributed by atoms with E-state index in [1.165, 1.54) is 0 Å². The number of hydrogen-bond acceptors (Lipinski definition) is 4. The van der Waals surface area contributed by atoms with E-state index < -0.39 is 11.9 Å². The molecule has 3 aromatic carbocycles. The Balaban J connectivity index is 1.58. The highest BCUT2D eigenvalue weighted by Crippen LogP contribution is 2.29. The van der Waals surface area contributed by atoms with E-state index in [0.29, 0.717) is 11.5 Å². The topological polar surface area (TPSA) is 52.6 Å². The van der Waals surface area contributed by atoms with Gasteiger partial charge in [-0.1, -0.05) is 54.6 Å². The second-order valence-corrected chi connectivity index (χ2v) is 6.56. The maximum Gasteiger partial charge on any atom is 0.311 e. The van der Waals surface area contributed by atoms with E-state index in [2.05, 4.69) is 0 Å². The van der Waals surface area contributed by atoms with Gasteiger partial charge in [0, 0.05) is 5.56 Å². The summed E-state index contributed by atoms with van der Waals surface area (Å²) in [6.45, 7) is 3.94. The Hall–Kier alpha value is -3.40. The van der Waals surface area contributed by atoms with Crippen molar-refractivity contribution in [1.29, 1.82) is 0 Å². The second kappa shape index (κ2) is 9.00. The molecule has 0 N–H and O–H groups in total. The molecule has 0 radical (unpaired) electrons. The Morgan fingerprint density at radius 3 is 2.07 bits per heavy atom. The highest BCUT2D eigenvalue weighted by Gasteiger charge is 2.14. The standard InChI is InChI=1S/C24H22O4/c1-17-12-13-20(16-18(17)2)27-23(25)14-15-24(26)28-22-11-7-6-10-21(22)19-8-4-3-5-9-19/h3-13,16H,14-15H2,1-2H3. The summed E-state index contributed by atoms with van der Waals surface area (Å²) in [5.41, 5.74) is 3.96. The molecule has 0 aliphatic carbocycles. The number of esters is 2.